The van der Waals surface area contributed by atoms with E-state index in [0.717, 1.165) is 12.8 Å². The molecular weight excluding hydrogens is 232 g/mol. The molecule has 1 aromatic carbocycles. The zero-order chi connectivity index (χ0) is 13.7. The van der Waals surface area contributed by atoms with Crippen LogP contribution >= 0.6 is 0 Å². The van der Waals surface area contributed by atoms with Crippen LogP contribution in [0.3, 0.4) is 0 Å². The van der Waals surface area contributed by atoms with E-state index in [9.17, 15) is 9.59 Å². The van der Waals surface area contributed by atoms with Gasteiger partial charge in [-0.2, -0.15) is 0 Å². The first-order valence-electron chi connectivity index (χ1n) is 6.60. The first kappa shape index (κ1) is 14.7. The molecule has 0 N–H and O–H groups in total. The van der Waals surface area contributed by atoms with Gasteiger partial charge in [-0.05, 0) is 11.8 Å². The van der Waals surface area contributed by atoms with Gasteiger partial charge in [-0.15, -0.1) is 0 Å². The van der Waals surface area contributed by atoms with Crippen molar-refractivity contribution in [2.45, 2.75) is 40.5 Å². The monoisotopic (exact) mass is 254 g/mol. The minimum atomic E-state index is -0.558. The van der Waals surface area contributed by atoms with Gasteiger partial charge in [-0.1, -0.05) is 40.5 Å². The second kappa shape index (κ2) is 6.57. The molecule has 0 aliphatic carbocycles. The van der Waals surface area contributed by atoms with Crippen molar-refractivity contribution in [3.05, 3.63) is 20.4 Å². The van der Waals surface area contributed by atoms with Gasteiger partial charge < -0.3 is 9.47 Å². The van der Waals surface area contributed by atoms with E-state index >= 15 is 0 Å². The van der Waals surface area contributed by atoms with E-state index in [1.165, 1.54) is 0 Å². The van der Waals surface area contributed by atoms with Gasteiger partial charge in [0.05, 0.1) is 13.2 Å². The Kier molecular flexibility index (Phi) is 5.38. The van der Waals surface area contributed by atoms with Gasteiger partial charge >= 0.3 is 0 Å². The van der Waals surface area contributed by atoms with Gasteiger partial charge in [-0.3, -0.25) is 9.59 Å². The Bertz CT molecular complexity index is 401. The molecule has 4 nitrogen and oxygen atoms in total. The first-order chi connectivity index (χ1) is 8.51. The highest BCUT2D eigenvalue weighted by molar-refractivity contribution is 5.45. The maximum absolute atomic E-state index is 11.4. The third-order valence-electron chi connectivity index (χ3n) is 3.24. The van der Waals surface area contributed by atoms with E-state index in [4.69, 9.17) is 9.47 Å². The van der Waals surface area contributed by atoms with Gasteiger partial charge in [0.1, 0.15) is 0 Å². The van der Waals surface area contributed by atoms with Crippen molar-refractivity contribution in [2.24, 2.45) is 11.8 Å². The first-order valence-corrected chi connectivity index (χ1v) is 6.60. The molecule has 0 bridgehead atoms. The molecule has 2 unspecified atom stereocenters. The minimum Gasteiger partial charge on any atom is -0.486 e. The maximum Gasteiger partial charge on any atom is 0.275 e. The molecule has 0 aromatic heterocycles. The number of rotatable bonds is 8. The molecule has 4 heteroatoms. The third kappa shape index (κ3) is 3.34. The van der Waals surface area contributed by atoms with Crippen LogP contribution in [0, 0.1) is 11.8 Å². The summed E-state index contributed by atoms with van der Waals surface area (Å²) in [4.78, 5) is 22.7. The van der Waals surface area contributed by atoms with Crippen molar-refractivity contribution in [2.75, 3.05) is 13.2 Å². The van der Waals surface area contributed by atoms with Crippen LogP contribution in [-0.2, 0) is 0 Å². The molecule has 0 aliphatic heterocycles. The fourth-order valence-corrected chi connectivity index (χ4v) is 1.30. The molecule has 0 saturated heterocycles. The van der Waals surface area contributed by atoms with E-state index in [2.05, 4.69) is 13.8 Å². The van der Waals surface area contributed by atoms with Crippen LogP contribution in [0.5, 0.6) is 11.5 Å². The van der Waals surface area contributed by atoms with Gasteiger partial charge in [-0.25, -0.2) is 0 Å². The Labute approximate surface area is 108 Å². The summed E-state index contributed by atoms with van der Waals surface area (Å²) >= 11 is 0. The Morgan fingerprint density at radius 2 is 1.17 bits per heavy atom. The van der Waals surface area contributed by atoms with E-state index in [-0.39, 0.29) is 11.5 Å². The molecule has 0 fully saturated rings. The number of hydrogen-bond donors (Lipinski definition) is 0. The summed E-state index contributed by atoms with van der Waals surface area (Å²) in [7, 11) is 0. The molecular formula is C14H22O4. The maximum atomic E-state index is 11.4. The van der Waals surface area contributed by atoms with Crippen LogP contribution in [0.25, 0.3) is 0 Å². The predicted octanol–water partition coefficient (Wildman–Crippen LogP) is 2.13. The standard InChI is InChI=1S/C14H22O4/c1-5-9(3)7-17-13-11(15)12(16)14(13)18-8-10(4)6-2/h9-10H,5-8H2,1-4H3. The Morgan fingerprint density at radius 3 is 1.44 bits per heavy atom. The lowest BCUT2D eigenvalue weighted by atomic mass is 10.1. The molecule has 18 heavy (non-hydrogen) atoms. The molecule has 1 rings (SSSR count). The predicted molar refractivity (Wildman–Crippen MR) is 71.3 cm³/mol. The van der Waals surface area contributed by atoms with Crippen LogP contribution in [0.4, 0.5) is 0 Å². The quantitative estimate of drug-likeness (QED) is 0.667. The molecule has 0 spiro atoms. The number of hydrogen-bond acceptors (Lipinski definition) is 4. The summed E-state index contributed by atoms with van der Waals surface area (Å²) in [6, 6.07) is 0. The zero-order valence-corrected chi connectivity index (χ0v) is 11.6. The van der Waals surface area contributed by atoms with Crippen LogP contribution in [0.1, 0.15) is 40.5 Å². The highest BCUT2D eigenvalue weighted by atomic mass is 16.5. The SMILES string of the molecule is CCC(C)COc1c(OCC(C)CC)c(=O)c1=O. The van der Waals surface area contributed by atoms with Gasteiger partial charge in [0.2, 0.25) is 11.5 Å². The van der Waals surface area contributed by atoms with Crippen LogP contribution in [0.15, 0.2) is 9.59 Å². The van der Waals surface area contributed by atoms with Crippen molar-refractivity contribution in [1.82, 2.24) is 0 Å². The summed E-state index contributed by atoms with van der Waals surface area (Å²) in [5, 5.41) is 0. The van der Waals surface area contributed by atoms with Crippen molar-refractivity contribution in [3.63, 3.8) is 0 Å². The lowest BCUT2D eigenvalue weighted by Crippen LogP contribution is -2.35. The van der Waals surface area contributed by atoms with Gasteiger partial charge in [0, 0.05) is 0 Å². The van der Waals surface area contributed by atoms with Crippen LogP contribution in [-0.4, -0.2) is 13.2 Å². The van der Waals surface area contributed by atoms with Crippen molar-refractivity contribution >= 4 is 0 Å². The largest absolute Gasteiger partial charge is 0.486 e. The molecule has 0 amide bonds. The Balaban J connectivity index is 2.61. The molecule has 0 aliphatic rings. The highest BCUT2D eigenvalue weighted by Crippen LogP contribution is 2.22. The van der Waals surface area contributed by atoms with Crippen molar-refractivity contribution < 1.29 is 9.47 Å². The lowest BCUT2D eigenvalue weighted by Gasteiger charge is -2.17. The summed E-state index contributed by atoms with van der Waals surface area (Å²) in [6.07, 6.45) is 1.94. The van der Waals surface area contributed by atoms with Crippen molar-refractivity contribution in [1.29, 1.82) is 0 Å². The second-order valence-electron chi connectivity index (χ2n) is 4.97. The third-order valence-corrected chi connectivity index (χ3v) is 3.24. The molecule has 2 atom stereocenters. The fourth-order valence-electron chi connectivity index (χ4n) is 1.30. The molecule has 1 aromatic rings. The van der Waals surface area contributed by atoms with E-state index in [1.54, 1.807) is 0 Å². The molecule has 102 valence electrons. The minimum absolute atomic E-state index is 0.114. The van der Waals surface area contributed by atoms with Crippen molar-refractivity contribution in [3.8, 4) is 11.5 Å². The average Bonchev–Trinajstić information content (AvgIpc) is 2.40. The smallest absolute Gasteiger partial charge is 0.275 e. The fraction of sp³-hybridized carbons (Fsp3) is 0.714. The van der Waals surface area contributed by atoms with E-state index < -0.39 is 10.9 Å². The summed E-state index contributed by atoms with van der Waals surface area (Å²) in [5.41, 5.74) is -1.12. The summed E-state index contributed by atoms with van der Waals surface area (Å²) in [5.74, 6) is 0.945. The zero-order valence-electron chi connectivity index (χ0n) is 11.6. The summed E-state index contributed by atoms with van der Waals surface area (Å²) in [6.45, 7) is 9.06. The number of ether oxygens (including phenoxy) is 2. The van der Waals surface area contributed by atoms with Gasteiger partial charge in [0.15, 0.2) is 0 Å². The summed E-state index contributed by atoms with van der Waals surface area (Å²) < 4.78 is 10.8. The van der Waals surface area contributed by atoms with Crippen LogP contribution in [0.2, 0.25) is 0 Å². The van der Waals surface area contributed by atoms with Gasteiger partial charge in [0.25, 0.3) is 10.9 Å². The molecule has 0 saturated carbocycles. The Morgan fingerprint density at radius 1 is 0.833 bits per heavy atom. The highest BCUT2D eigenvalue weighted by Gasteiger charge is 2.25. The van der Waals surface area contributed by atoms with E-state index in [1.807, 2.05) is 13.8 Å². The Hall–Kier alpha value is -1.32. The van der Waals surface area contributed by atoms with Crippen LogP contribution < -0.4 is 20.3 Å². The molecule has 0 heterocycles. The second-order valence-corrected chi connectivity index (χ2v) is 4.97. The van der Waals surface area contributed by atoms with E-state index in [0.29, 0.717) is 25.0 Å². The molecule has 0 radical (unpaired) electrons. The normalized spacial score (nSPS) is 14.4. The lowest BCUT2D eigenvalue weighted by molar-refractivity contribution is 0.208. The average molecular weight is 254 g/mol. The topological polar surface area (TPSA) is 52.6 Å².